The number of aliphatic hydroxyl groups is 1. The van der Waals surface area contributed by atoms with Gasteiger partial charge in [-0.3, -0.25) is 9.59 Å². The lowest BCUT2D eigenvalue weighted by atomic mass is 9.99. The Labute approximate surface area is 229 Å². The number of anilines is 2. The maximum atomic E-state index is 13.5. The number of aromatic nitrogens is 1. The smallest absolute Gasteiger partial charge is 0.389 e. The highest BCUT2D eigenvalue weighted by molar-refractivity contribution is 6.00. The molecule has 40 heavy (non-hydrogen) atoms. The molecular formula is C26H34F3N5O6. The number of nitrogens with zero attached hydrogens (tertiary/aromatic N) is 3. The van der Waals surface area contributed by atoms with E-state index in [4.69, 9.17) is 9.26 Å². The van der Waals surface area contributed by atoms with Crippen LogP contribution in [0.25, 0.3) is 0 Å². The number of carbonyl (C=O) groups excluding carboxylic acids is 3. The number of aliphatic hydroxyl groups excluding tert-OH is 1. The minimum atomic E-state index is -4.48. The van der Waals surface area contributed by atoms with E-state index in [1.54, 1.807) is 27.8 Å². The molecule has 3 rings (SSSR count). The SMILES string of the molecule is Cc1noc(C)c1NC(=O)N(C)C[C@@H]1Oc2ccc(NC(=O)CCC(F)(F)F)cc2C(=O)N([C@@H](C)CO)C[C@@H]1C. The van der Waals surface area contributed by atoms with Crippen LogP contribution < -0.4 is 15.4 Å². The first-order valence-corrected chi connectivity index (χ1v) is 12.7. The quantitative estimate of drug-likeness (QED) is 0.438. The fraction of sp³-hybridized carbons (Fsp3) is 0.538. The zero-order valence-corrected chi connectivity index (χ0v) is 23.0. The summed E-state index contributed by atoms with van der Waals surface area (Å²) in [5.74, 6) is -0.976. The minimum Gasteiger partial charge on any atom is -0.487 e. The van der Waals surface area contributed by atoms with Crippen LogP contribution in [0.1, 0.15) is 48.5 Å². The van der Waals surface area contributed by atoms with Gasteiger partial charge in [0.2, 0.25) is 5.91 Å². The van der Waals surface area contributed by atoms with Crippen LogP contribution in [-0.4, -0.2) is 83.0 Å². The van der Waals surface area contributed by atoms with Gasteiger partial charge in [0, 0.05) is 31.6 Å². The number of ether oxygens (including phenoxy) is 1. The van der Waals surface area contributed by atoms with E-state index in [1.807, 2.05) is 6.92 Å². The number of amides is 4. The van der Waals surface area contributed by atoms with E-state index in [0.29, 0.717) is 17.1 Å². The molecule has 0 aliphatic carbocycles. The molecule has 0 bridgehead atoms. The van der Waals surface area contributed by atoms with Gasteiger partial charge >= 0.3 is 12.2 Å². The third-order valence-corrected chi connectivity index (χ3v) is 6.65. The number of aryl methyl sites for hydroxylation is 2. The maximum absolute atomic E-state index is 13.5. The van der Waals surface area contributed by atoms with E-state index in [2.05, 4.69) is 15.8 Å². The zero-order valence-electron chi connectivity index (χ0n) is 23.0. The van der Waals surface area contributed by atoms with Gasteiger partial charge < -0.3 is 34.8 Å². The average Bonchev–Trinajstić information content (AvgIpc) is 3.20. The van der Waals surface area contributed by atoms with Crippen LogP contribution in [-0.2, 0) is 4.79 Å². The summed E-state index contributed by atoms with van der Waals surface area (Å²) in [4.78, 5) is 41.4. The maximum Gasteiger partial charge on any atom is 0.389 e. The van der Waals surface area contributed by atoms with E-state index >= 15 is 0 Å². The first kappa shape index (κ1) is 30.7. The molecule has 3 atom stereocenters. The molecule has 2 heterocycles. The van der Waals surface area contributed by atoms with Crippen molar-refractivity contribution in [1.82, 2.24) is 15.0 Å². The third kappa shape index (κ3) is 7.64. The lowest BCUT2D eigenvalue weighted by Crippen LogP contribution is -2.50. The summed E-state index contributed by atoms with van der Waals surface area (Å²) >= 11 is 0. The molecule has 2 aromatic rings. The van der Waals surface area contributed by atoms with E-state index in [-0.39, 0.29) is 42.6 Å². The van der Waals surface area contributed by atoms with Gasteiger partial charge in [0.15, 0.2) is 5.76 Å². The van der Waals surface area contributed by atoms with Gasteiger partial charge in [-0.15, -0.1) is 0 Å². The molecule has 0 unspecified atom stereocenters. The Morgan fingerprint density at radius 1 is 1.27 bits per heavy atom. The Bertz CT molecular complexity index is 1210. The van der Waals surface area contributed by atoms with Crippen LogP contribution in [0, 0.1) is 19.8 Å². The summed E-state index contributed by atoms with van der Waals surface area (Å²) < 4.78 is 48.8. The number of carbonyl (C=O) groups is 3. The Kier molecular flexibility index (Phi) is 9.66. The topological polar surface area (TPSA) is 137 Å². The molecule has 220 valence electrons. The van der Waals surface area contributed by atoms with Crippen molar-refractivity contribution in [3.8, 4) is 5.75 Å². The molecule has 0 fully saturated rings. The molecule has 14 heteroatoms. The molecule has 3 N–H and O–H groups in total. The first-order chi connectivity index (χ1) is 18.7. The molecule has 0 saturated carbocycles. The summed E-state index contributed by atoms with van der Waals surface area (Å²) in [5, 5.41) is 18.8. The number of hydrogen-bond donors (Lipinski definition) is 3. The molecule has 1 aliphatic rings. The van der Waals surface area contributed by atoms with Crippen LogP contribution >= 0.6 is 0 Å². The van der Waals surface area contributed by atoms with Gasteiger partial charge in [0.05, 0.1) is 31.2 Å². The van der Waals surface area contributed by atoms with Crippen molar-refractivity contribution in [3.63, 3.8) is 0 Å². The standard InChI is InChI=1S/C26H34F3N5O6/c1-14-11-34(15(2)13-35)24(37)19-10-18(30-22(36)8-9-26(27,28)29)6-7-20(19)39-21(14)12-33(5)25(38)31-23-16(3)32-40-17(23)4/h6-7,10,14-15,21,35H,8-9,11-13H2,1-5H3,(H,30,36)(H,31,38)/t14-,15-,21-/m0/s1. The third-order valence-electron chi connectivity index (χ3n) is 6.65. The Morgan fingerprint density at radius 2 is 1.98 bits per heavy atom. The second-order valence-electron chi connectivity index (χ2n) is 10.0. The second-order valence-corrected chi connectivity index (χ2v) is 10.0. The Balaban J connectivity index is 1.85. The van der Waals surface area contributed by atoms with Crippen molar-refractivity contribution in [2.24, 2.45) is 5.92 Å². The van der Waals surface area contributed by atoms with Crippen molar-refractivity contribution in [2.75, 3.05) is 37.4 Å². The number of hydrogen-bond acceptors (Lipinski definition) is 7. The number of halogens is 3. The number of benzene rings is 1. The highest BCUT2D eigenvalue weighted by Gasteiger charge is 2.34. The molecule has 1 aromatic carbocycles. The fourth-order valence-corrected chi connectivity index (χ4v) is 4.21. The molecule has 0 saturated heterocycles. The highest BCUT2D eigenvalue weighted by atomic mass is 19.4. The van der Waals surface area contributed by atoms with Gasteiger partial charge in [-0.05, 0) is 39.0 Å². The van der Waals surface area contributed by atoms with E-state index in [1.165, 1.54) is 28.0 Å². The first-order valence-electron chi connectivity index (χ1n) is 12.7. The van der Waals surface area contributed by atoms with Gasteiger partial charge in [0.1, 0.15) is 23.2 Å². The second kappa shape index (κ2) is 12.6. The number of nitrogens with one attached hydrogen (secondary N) is 2. The predicted octanol–water partition coefficient (Wildman–Crippen LogP) is 3.96. The van der Waals surface area contributed by atoms with E-state index in [9.17, 15) is 32.7 Å². The molecule has 11 nitrogen and oxygen atoms in total. The molecule has 1 aliphatic heterocycles. The monoisotopic (exact) mass is 569 g/mol. The summed E-state index contributed by atoms with van der Waals surface area (Å²) in [5.41, 5.74) is 1.18. The average molecular weight is 570 g/mol. The van der Waals surface area contributed by atoms with Crippen molar-refractivity contribution >= 4 is 29.2 Å². The van der Waals surface area contributed by atoms with Crippen LogP contribution in [0.4, 0.5) is 29.3 Å². The van der Waals surface area contributed by atoms with Crippen molar-refractivity contribution < 1.29 is 41.9 Å². The van der Waals surface area contributed by atoms with Gasteiger partial charge in [0.25, 0.3) is 5.91 Å². The number of urea groups is 1. The molecule has 0 spiro atoms. The summed E-state index contributed by atoms with van der Waals surface area (Å²) in [6.07, 6.45) is -7.10. The zero-order chi connectivity index (χ0) is 29.8. The summed E-state index contributed by atoms with van der Waals surface area (Å²) in [7, 11) is 1.59. The lowest BCUT2D eigenvalue weighted by molar-refractivity contribution is -0.142. The Hall–Kier alpha value is -3.81. The number of fused-ring (bicyclic) bond motifs is 1. The van der Waals surface area contributed by atoms with Crippen LogP contribution in [0.3, 0.4) is 0 Å². The van der Waals surface area contributed by atoms with Crippen molar-refractivity contribution in [1.29, 1.82) is 0 Å². The molecular weight excluding hydrogens is 535 g/mol. The van der Waals surface area contributed by atoms with Gasteiger partial charge in [-0.1, -0.05) is 12.1 Å². The van der Waals surface area contributed by atoms with Gasteiger partial charge in [-0.25, -0.2) is 4.79 Å². The molecule has 0 radical (unpaired) electrons. The summed E-state index contributed by atoms with van der Waals surface area (Å²) in [6.45, 7) is 6.90. The highest BCUT2D eigenvalue weighted by Crippen LogP contribution is 2.31. The Morgan fingerprint density at radius 3 is 2.58 bits per heavy atom. The lowest BCUT2D eigenvalue weighted by Gasteiger charge is -2.38. The normalized spacial score (nSPS) is 18.2. The van der Waals surface area contributed by atoms with Crippen LogP contribution in [0.15, 0.2) is 22.7 Å². The molecule has 4 amide bonds. The van der Waals surface area contributed by atoms with Gasteiger partial charge in [-0.2, -0.15) is 13.2 Å². The largest absolute Gasteiger partial charge is 0.487 e. The van der Waals surface area contributed by atoms with Crippen LogP contribution in [0.2, 0.25) is 0 Å². The number of alkyl halides is 3. The van der Waals surface area contributed by atoms with Crippen molar-refractivity contribution in [3.05, 3.63) is 35.2 Å². The summed E-state index contributed by atoms with van der Waals surface area (Å²) in [6, 6.07) is 3.22. The van der Waals surface area contributed by atoms with E-state index in [0.717, 1.165) is 0 Å². The number of likely N-dealkylation sites (N-methyl/N-ethyl adjacent to an activating group) is 1. The van der Waals surface area contributed by atoms with Crippen molar-refractivity contribution in [2.45, 2.75) is 58.9 Å². The predicted molar refractivity (Wildman–Crippen MR) is 139 cm³/mol. The fourth-order valence-electron chi connectivity index (χ4n) is 4.21. The van der Waals surface area contributed by atoms with Crippen LogP contribution in [0.5, 0.6) is 5.75 Å². The molecule has 1 aromatic heterocycles. The number of rotatable bonds is 8. The minimum absolute atomic E-state index is 0.0636. The van der Waals surface area contributed by atoms with E-state index < -0.39 is 49.0 Å².